The maximum Gasteiger partial charge on any atom is 0.124 e. The molecule has 0 amide bonds. The highest BCUT2D eigenvalue weighted by molar-refractivity contribution is 5.87. The summed E-state index contributed by atoms with van der Waals surface area (Å²) in [5.41, 5.74) is 8.17. The van der Waals surface area contributed by atoms with Gasteiger partial charge in [0, 0.05) is 12.1 Å². The van der Waals surface area contributed by atoms with Crippen LogP contribution in [-0.2, 0) is 6.54 Å². The van der Waals surface area contributed by atoms with E-state index in [-0.39, 0.29) is 0 Å². The molecule has 3 aromatic rings. The van der Waals surface area contributed by atoms with Gasteiger partial charge in [0.15, 0.2) is 0 Å². The molecule has 3 nitrogen and oxygen atoms in total. The molecule has 3 rings (SSSR count). The van der Waals surface area contributed by atoms with E-state index in [2.05, 4.69) is 25.1 Å². The molecule has 3 aromatic carbocycles. The molecule has 0 aliphatic rings. The smallest absolute Gasteiger partial charge is 0.124 e. The van der Waals surface area contributed by atoms with E-state index in [1.54, 1.807) is 0 Å². The number of hydrogen-bond acceptors (Lipinski definition) is 3. The van der Waals surface area contributed by atoms with Gasteiger partial charge in [-0.1, -0.05) is 48.0 Å². The Hall–Kier alpha value is -2.52. The molecule has 0 aliphatic heterocycles. The van der Waals surface area contributed by atoms with Crippen LogP contribution >= 0.6 is 0 Å². The third-order valence-electron chi connectivity index (χ3n) is 3.83. The standard InChI is InChI=1S/C20H21NO2/c1-15-6-9-17(10-7-15)22-12-13-23-20-11-8-16-4-2-3-5-18(16)19(20)14-21/h2-11H,12-14,21H2,1H3. The average molecular weight is 307 g/mol. The van der Waals surface area contributed by atoms with Crippen LogP contribution in [0.3, 0.4) is 0 Å². The lowest BCUT2D eigenvalue weighted by Crippen LogP contribution is -2.11. The normalized spacial score (nSPS) is 10.7. The Labute approximate surface area is 136 Å². The minimum absolute atomic E-state index is 0.454. The van der Waals surface area contributed by atoms with Crippen molar-refractivity contribution in [3.05, 3.63) is 71.8 Å². The molecule has 0 unspecified atom stereocenters. The van der Waals surface area contributed by atoms with Crippen molar-refractivity contribution >= 4 is 10.8 Å². The van der Waals surface area contributed by atoms with Crippen LogP contribution in [-0.4, -0.2) is 13.2 Å². The minimum Gasteiger partial charge on any atom is -0.490 e. The summed E-state index contributed by atoms with van der Waals surface area (Å²) in [4.78, 5) is 0. The Kier molecular flexibility index (Phi) is 4.79. The second-order valence-corrected chi connectivity index (χ2v) is 5.48. The Balaban J connectivity index is 1.64. The summed E-state index contributed by atoms with van der Waals surface area (Å²) in [6.45, 7) is 3.50. The van der Waals surface area contributed by atoms with Crippen LogP contribution in [0.2, 0.25) is 0 Å². The summed E-state index contributed by atoms with van der Waals surface area (Å²) >= 11 is 0. The van der Waals surface area contributed by atoms with E-state index in [1.165, 1.54) is 10.9 Å². The van der Waals surface area contributed by atoms with Gasteiger partial charge in [0.05, 0.1) is 0 Å². The number of ether oxygens (including phenoxy) is 2. The summed E-state index contributed by atoms with van der Waals surface area (Å²) in [6, 6.07) is 20.3. The second kappa shape index (κ2) is 7.16. The Morgan fingerprint density at radius 3 is 2.35 bits per heavy atom. The number of fused-ring (bicyclic) bond motifs is 1. The van der Waals surface area contributed by atoms with Crippen molar-refractivity contribution in [1.29, 1.82) is 0 Å². The molecule has 0 saturated heterocycles. The van der Waals surface area contributed by atoms with E-state index in [0.29, 0.717) is 19.8 Å². The lowest BCUT2D eigenvalue weighted by atomic mass is 10.0. The van der Waals surface area contributed by atoms with Crippen LogP contribution in [0.15, 0.2) is 60.7 Å². The van der Waals surface area contributed by atoms with E-state index in [4.69, 9.17) is 15.2 Å². The van der Waals surface area contributed by atoms with Crippen molar-refractivity contribution in [3.8, 4) is 11.5 Å². The molecule has 0 saturated carbocycles. The lowest BCUT2D eigenvalue weighted by molar-refractivity contribution is 0.216. The first-order valence-electron chi connectivity index (χ1n) is 7.81. The summed E-state index contributed by atoms with van der Waals surface area (Å²) in [7, 11) is 0. The first-order valence-corrected chi connectivity index (χ1v) is 7.81. The predicted molar refractivity (Wildman–Crippen MR) is 94.0 cm³/mol. The van der Waals surface area contributed by atoms with Crippen LogP contribution in [0.1, 0.15) is 11.1 Å². The molecule has 0 fully saturated rings. The molecule has 3 heteroatoms. The van der Waals surface area contributed by atoms with Gasteiger partial charge in [-0.05, 0) is 35.9 Å². The highest BCUT2D eigenvalue weighted by Crippen LogP contribution is 2.27. The fourth-order valence-electron chi connectivity index (χ4n) is 2.61. The van der Waals surface area contributed by atoms with Gasteiger partial charge in [0.1, 0.15) is 24.7 Å². The SMILES string of the molecule is Cc1ccc(OCCOc2ccc3ccccc3c2CN)cc1. The van der Waals surface area contributed by atoms with Gasteiger partial charge in [0.2, 0.25) is 0 Å². The van der Waals surface area contributed by atoms with Gasteiger partial charge in [-0.3, -0.25) is 0 Å². The first kappa shape index (κ1) is 15.4. The van der Waals surface area contributed by atoms with Gasteiger partial charge in [0.25, 0.3) is 0 Å². The zero-order chi connectivity index (χ0) is 16.1. The molecular weight excluding hydrogens is 286 g/mol. The number of aryl methyl sites for hydroxylation is 1. The minimum atomic E-state index is 0.454. The Morgan fingerprint density at radius 2 is 1.57 bits per heavy atom. The Bertz CT molecular complexity index is 781. The number of nitrogens with two attached hydrogens (primary N) is 1. The Morgan fingerprint density at radius 1 is 0.826 bits per heavy atom. The number of hydrogen-bond donors (Lipinski definition) is 1. The summed E-state index contributed by atoms with van der Waals surface area (Å²) in [5.74, 6) is 1.69. The summed E-state index contributed by atoms with van der Waals surface area (Å²) in [6.07, 6.45) is 0. The van der Waals surface area contributed by atoms with Crippen LogP contribution in [0.4, 0.5) is 0 Å². The van der Waals surface area contributed by atoms with Crippen LogP contribution in [0, 0.1) is 6.92 Å². The average Bonchev–Trinajstić information content (AvgIpc) is 2.59. The third-order valence-corrected chi connectivity index (χ3v) is 3.83. The van der Waals surface area contributed by atoms with Crippen molar-refractivity contribution in [1.82, 2.24) is 0 Å². The van der Waals surface area contributed by atoms with Crippen LogP contribution in [0.25, 0.3) is 10.8 Å². The van der Waals surface area contributed by atoms with E-state index in [1.807, 2.05) is 42.5 Å². The molecular formula is C20H21NO2. The topological polar surface area (TPSA) is 44.5 Å². The van der Waals surface area contributed by atoms with E-state index >= 15 is 0 Å². The quantitative estimate of drug-likeness (QED) is 0.698. The first-order chi connectivity index (χ1) is 11.3. The zero-order valence-electron chi connectivity index (χ0n) is 13.3. The lowest BCUT2D eigenvalue weighted by Gasteiger charge is -2.13. The van der Waals surface area contributed by atoms with Crippen molar-refractivity contribution in [2.45, 2.75) is 13.5 Å². The maximum atomic E-state index is 5.91. The van der Waals surface area contributed by atoms with Gasteiger partial charge >= 0.3 is 0 Å². The van der Waals surface area contributed by atoms with Crippen molar-refractivity contribution in [3.63, 3.8) is 0 Å². The van der Waals surface area contributed by atoms with E-state index in [0.717, 1.165) is 22.4 Å². The predicted octanol–water partition coefficient (Wildman–Crippen LogP) is 4.06. The van der Waals surface area contributed by atoms with Crippen LogP contribution < -0.4 is 15.2 Å². The maximum absolute atomic E-state index is 5.91. The molecule has 0 heterocycles. The zero-order valence-corrected chi connectivity index (χ0v) is 13.3. The molecule has 0 aliphatic carbocycles. The van der Waals surface area contributed by atoms with E-state index < -0.39 is 0 Å². The van der Waals surface area contributed by atoms with Gasteiger partial charge < -0.3 is 15.2 Å². The molecule has 0 aromatic heterocycles. The molecule has 2 N–H and O–H groups in total. The fourth-order valence-corrected chi connectivity index (χ4v) is 2.61. The molecule has 118 valence electrons. The third kappa shape index (κ3) is 3.63. The second-order valence-electron chi connectivity index (χ2n) is 5.48. The molecule has 0 atom stereocenters. The van der Waals surface area contributed by atoms with Gasteiger partial charge in [-0.2, -0.15) is 0 Å². The molecule has 0 radical (unpaired) electrons. The summed E-state index contributed by atoms with van der Waals surface area (Å²) in [5, 5.41) is 2.32. The number of benzene rings is 3. The largest absolute Gasteiger partial charge is 0.490 e. The van der Waals surface area contributed by atoms with E-state index in [9.17, 15) is 0 Å². The molecule has 0 spiro atoms. The monoisotopic (exact) mass is 307 g/mol. The van der Waals surface area contributed by atoms with Crippen LogP contribution in [0.5, 0.6) is 11.5 Å². The van der Waals surface area contributed by atoms with Gasteiger partial charge in [-0.15, -0.1) is 0 Å². The van der Waals surface area contributed by atoms with Crippen molar-refractivity contribution in [2.75, 3.05) is 13.2 Å². The van der Waals surface area contributed by atoms with Gasteiger partial charge in [-0.25, -0.2) is 0 Å². The molecule has 0 bridgehead atoms. The van der Waals surface area contributed by atoms with Crippen molar-refractivity contribution < 1.29 is 9.47 Å². The summed E-state index contributed by atoms with van der Waals surface area (Å²) < 4.78 is 11.6. The number of rotatable bonds is 6. The fraction of sp³-hybridized carbons (Fsp3) is 0.200. The molecule has 23 heavy (non-hydrogen) atoms. The highest BCUT2D eigenvalue weighted by Gasteiger charge is 2.07. The highest BCUT2D eigenvalue weighted by atomic mass is 16.5. The van der Waals surface area contributed by atoms with Crippen molar-refractivity contribution in [2.24, 2.45) is 5.73 Å².